The molecule has 2 aromatic rings. The number of nitrogens with two attached hydrogens (primary N) is 1. The smallest absolute Gasteiger partial charge is 0.123 e. The van der Waals surface area contributed by atoms with Crippen molar-refractivity contribution >= 4 is 11.3 Å². The summed E-state index contributed by atoms with van der Waals surface area (Å²) in [5.41, 5.74) is 9.05. The molecule has 2 rings (SSSR count). The third-order valence-corrected chi connectivity index (χ3v) is 3.26. The average molecular weight is 235 g/mol. The maximum atomic E-state index is 13.2. The number of hydrogen-bond acceptors (Lipinski definition) is 2. The quantitative estimate of drug-likeness (QED) is 0.866. The van der Waals surface area contributed by atoms with Crippen LogP contribution in [0.5, 0.6) is 0 Å². The summed E-state index contributed by atoms with van der Waals surface area (Å²) < 4.78 is 13.2. The van der Waals surface area contributed by atoms with E-state index in [4.69, 9.17) is 5.73 Å². The van der Waals surface area contributed by atoms with E-state index in [1.54, 1.807) is 11.3 Å². The van der Waals surface area contributed by atoms with Crippen LogP contribution in [-0.2, 0) is 6.42 Å². The van der Waals surface area contributed by atoms with Gasteiger partial charge >= 0.3 is 0 Å². The van der Waals surface area contributed by atoms with Crippen molar-refractivity contribution in [3.05, 3.63) is 57.5 Å². The minimum Gasteiger partial charge on any atom is -0.324 e. The summed E-state index contributed by atoms with van der Waals surface area (Å²) in [6.07, 6.45) is 0.756. The summed E-state index contributed by atoms with van der Waals surface area (Å²) >= 11 is 1.65. The predicted molar refractivity (Wildman–Crippen MR) is 66.1 cm³/mol. The average Bonchev–Trinajstić information content (AvgIpc) is 2.68. The van der Waals surface area contributed by atoms with Gasteiger partial charge in [0.2, 0.25) is 0 Å². The van der Waals surface area contributed by atoms with E-state index in [0.29, 0.717) is 0 Å². The monoisotopic (exact) mass is 235 g/mol. The van der Waals surface area contributed by atoms with Crippen molar-refractivity contribution in [2.24, 2.45) is 5.73 Å². The first-order valence-electron chi connectivity index (χ1n) is 5.19. The third kappa shape index (κ3) is 2.68. The van der Waals surface area contributed by atoms with Crippen LogP contribution in [0.3, 0.4) is 0 Å². The molecule has 0 fully saturated rings. The van der Waals surface area contributed by atoms with E-state index in [1.165, 1.54) is 17.7 Å². The molecule has 3 heteroatoms. The molecule has 0 aliphatic heterocycles. The Morgan fingerprint density at radius 3 is 2.81 bits per heavy atom. The summed E-state index contributed by atoms with van der Waals surface area (Å²) in [6.45, 7) is 1.88. The van der Waals surface area contributed by atoms with Gasteiger partial charge in [0.25, 0.3) is 0 Å². The molecule has 2 N–H and O–H groups in total. The molecule has 1 unspecified atom stereocenters. The second-order valence-corrected chi connectivity index (χ2v) is 4.78. The van der Waals surface area contributed by atoms with Crippen molar-refractivity contribution in [3.8, 4) is 0 Å². The molecule has 0 saturated carbocycles. The lowest BCUT2D eigenvalue weighted by atomic mass is 10.00. The Morgan fingerprint density at radius 1 is 1.38 bits per heavy atom. The van der Waals surface area contributed by atoms with Crippen LogP contribution >= 0.6 is 11.3 Å². The minimum atomic E-state index is -0.212. The maximum absolute atomic E-state index is 13.2. The summed E-state index contributed by atoms with van der Waals surface area (Å²) in [4.78, 5) is 0. The van der Waals surface area contributed by atoms with Crippen molar-refractivity contribution < 1.29 is 4.39 Å². The standard InChI is InChI=1S/C13H14FNS/c1-9-4-11(7-12(14)5-9)13(15)6-10-2-3-16-8-10/h2-5,7-8,13H,6,15H2,1H3. The Labute approximate surface area is 98.7 Å². The Hall–Kier alpha value is -1.19. The molecule has 0 bridgehead atoms. The molecule has 0 radical (unpaired) electrons. The molecule has 0 saturated heterocycles. The van der Waals surface area contributed by atoms with Crippen LogP contribution < -0.4 is 5.73 Å². The molecule has 84 valence electrons. The van der Waals surface area contributed by atoms with Crippen molar-refractivity contribution in [2.75, 3.05) is 0 Å². The van der Waals surface area contributed by atoms with Crippen LogP contribution in [0.15, 0.2) is 35.0 Å². The minimum absolute atomic E-state index is 0.135. The second-order valence-electron chi connectivity index (χ2n) is 4.00. The molecule has 0 aliphatic rings. The van der Waals surface area contributed by atoms with Crippen LogP contribution in [0.25, 0.3) is 0 Å². The zero-order chi connectivity index (χ0) is 11.5. The first-order chi connectivity index (χ1) is 7.65. The molecule has 1 aromatic heterocycles. The zero-order valence-electron chi connectivity index (χ0n) is 9.11. The van der Waals surface area contributed by atoms with E-state index in [1.807, 2.05) is 18.4 Å². The zero-order valence-corrected chi connectivity index (χ0v) is 9.93. The molecule has 1 atom stereocenters. The highest BCUT2D eigenvalue weighted by atomic mass is 32.1. The van der Waals surface area contributed by atoms with Crippen molar-refractivity contribution in [1.82, 2.24) is 0 Å². The molecule has 0 aliphatic carbocycles. The van der Waals surface area contributed by atoms with Crippen molar-refractivity contribution in [2.45, 2.75) is 19.4 Å². The van der Waals surface area contributed by atoms with Crippen LogP contribution in [-0.4, -0.2) is 0 Å². The largest absolute Gasteiger partial charge is 0.324 e. The molecular weight excluding hydrogens is 221 g/mol. The highest BCUT2D eigenvalue weighted by Gasteiger charge is 2.09. The van der Waals surface area contributed by atoms with E-state index < -0.39 is 0 Å². The van der Waals surface area contributed by atoms with Crippen LogP contribution in [0.2, 0.25) is 0 Å². The van der Waals surface area contributed by atoms with Crippen LogP contribution in [0.4, 0.5) is 4.39 Å². The van der Waals surface area contributed by atoms with Crippen LogP contribution in [0, 0.1) is 12.7 Å². The van der Waals surface area contributed by atoms with E-state index in [0.717, 1.165) is 17.5 Å². The van der Waals surface area contributed by atoms with Gasteiger partial charge in [-0.25, -0.2) is 4.39 Å². The molecule has 1 nitrogen and oxygen atoms in total. The van der Waals surface area contributed by atoms with E-state index >= 15 is 0 Å². The second kappa shape index (κ2) is 4.76. The summed E-state index contributed by atoms with van der Waals surface area (Å²) in [5.74, 6) is -0.212. The number of benzene rings is 1. The fourth-order valence-electron chi connectivity index (χ4n) is 1.76. The van der Waals surface area contributed by atoms with Gasteiger partial charge in [-0.05, 0) is 59.0 Å². The summed E-state index contributed by atoms with van der Waals surface area (Å²) in [6, 6.07) is 6.89. The van der Waals surface area contributed by atoms with Crippen molar-refractivity contribution in [3.63, 3.8) is 0 Å². The van der Waals surface area contributed by atoms with E-state index in [2.05, 4.69) is 11.4 Å². The van der Waals surface area contributed by atoms with Gasteiger partial charge in [-0.1, -0.05) is 6.07 Å². The van der Waals surface area contributed by atoms with Gasteiger partial charge in [0, 0.05) is 6.04 Å². The van der Waals surface area contributed by atoms with Gasteiger partial charge in [-0.2, -0.15) is 11.3 Å². The van der Waals surface area contributed by atoms with Gasteiger partial charge in [-0.3, -0.25) is 0 Å². The SMILES string of the molecule is Cc1cc(F)cc(C(N)Cc2ccsc2)c1. The maximum Gasteiger partial charge on any atom is 0.123 e. The number of thiophene rings is 1. The van der Waals surface area contributed by atoms with Gasteiger partial charge in [0.15, 0.2) is 0 Å². The Kier molecular flexibility index (Phi) is 3.36. The van der Waals surface area contributed by atoms with Crippen molar-refractivity contribution in [1.29, 1.82) is 0 Å². The first kappa shape index (κ1) is 11.3. The lowest BCUT2D eigenvalue weighted by molar-refractivity contribution is 0.617. The fourth-order valence-corrected chi connectivity index (χ4v) is 2.44. The van der Waals surface area contributed by atoms with Gasteiger partial charge in [0.05, 0.1) is 0 Å². The molecular formula is C13H14FNS. The highest BCUT2D eigenvalue weighted by molar-refractivity contribution is 7.07. The molecule has 16 heavy (non-hydrogen) atoms. The molecule has 0 spiro atoms. The lowest BCUT2D eigenvalue weighted by Crippen LogP contribution is -2.13. The molecule has 1 aromatic carbocycles. The molecule has 1 heterocycles. The number of rotatable bonds is 3. The molecule has 0 amide bonds. The Morgan fingerprint density at radius 2 is 2.19 bits per heavy atom. The summed E-state index contributed by atoms with van der Waals surface area (Å²) in [5, 5.41) is 4.10. The van der Waals surface area contributed by atoms with Gasteiger partial charge in [-0.15, -0.1) is 0 Å². The number of hydrogen-bond donors (Lipinski definition) is 1. The first-order valence-corrected chi connectivity index (χ1v) is 6.13. The lowest BCUT2D eigenvalue weighted by Gasteiger charge is -2.12. The third-order valence-electron chi connectivity index (χ3n) is 2.53. The predicted octanol–water partition coefficient (Wildman–Crippen LogP) is 3.44. The number of aryl methyl sites for hydroxylation is 1. The normalized spacial score (nSPS) is 12.7. The summed E-state index contributed by atoms with van der Waals surface area (Å²) in [7, 11) is 0. The van der Waals surface area contributed by atoms with E-state index in [9.17, 15) is 4.39 Å². The topological polar surface area (TPSA) is 26.0 Å². The van der Waals surface area contributed by atoms with Gasteiger partial charge < -0.3 is 5.73 Å². The van der Waals surface area contributed by atoms with Gasteiger partial charge in [0.1, 0.15) is 5.82 Å². The van der Waals surface area contributed by atoms with E-state index in [-0.39, 0.29) is 11.9 Å². The van der Waals surface area contributed by atoms with Crippen LogP contribution in [0.1, 0.15) is 22.7 Å². The fraction of sp³-hybridized carbons (Fsp3) is 0.231. The Bertz CT molecular complexity index is 445. The number of halogens is 1. The highest BCUT2D eigenvalue weighted by Crippen LogP contribution is 2.19. The Balaban J connectivity index is 2.17.